The number of rotatable bonds is 3. The molecule has 0 spiro atoms. The van der Waals surface area contributed by atoms with Crippen LogP contribution in [0.3, 0.4) is 0 Å². The van der Waals surface area contributed by atoms with Gasteiger partial charge in [-0.05, 0) is 66.7 Å². The maximum Gasteiger partial charge on any atom is 0.242 e. The molecule has 1 aromatic rings. The Morgan fingerprint density at radius 2 is 1.83 bits per heavy atom. The molecule has 0 aliphatic heterocycles. The van der Waals surface area contributed by atoms with Crippen LogP contribution in [0.2, 0.25) is 0 Å². The van der Waals surface area contributed by atoms with Crippen molar-refractivity contribution >= 4 is 41.9 Å². The normalized spacial score (nSPS) is 18.4. The van der Waals surface area contributed by atoms with Crippen molar-refractivity contribution in [2.75, 3.05) is 0 Å². The maximum absolute atomic E-state index is 12.4. The molecule has 1 fully saturated rings. The van der Waals surface area contributed by atoms with Crippen LogP contribution in [0, 0.1) is 6.92 Å². The molecule has 1 N–H and O–H groups in total. The summed E-state index contributed by atoms with van der Waals surface area (Å²) in [5, 5.41) is 0. The summed E-state index contributed by atoms with van der Waals surface area (Å²) in [5.74, 6) is 0. The Morgan fingerprint density at radius 3 is 2.33 bits per heavy atom. The largest absolute Gasteiger partial charge is 0.242 e. The van der Waals surface area contributed by atoms with Crippen LogP contribution in [-0.4, -0.2) is 14.0 Å². The zero-order valence-corrected chi connectivity index (χ0v) is 14.2. The third-order valence-corrected chi connectivity index (χ3v) is 6.79. The second-order valence-electron chi connectivity index (χ2n) is 5.05. The van der Waals surface area contributed by atoms with Crippen molar-refractivity contribution in [3.05, 3.63) is 26.6 Å². The molecule has 0 saturated heterocycles. The van der Waals surface area contributed by atoms with Gasteiger partial charge in [0.25, 0.3) is 0 Å². The molecule has 100 valence electrons. The van der Waals surface area contributed by atoms with Crippen molar-refractivity contribution in [3.63, 3.8) is 0 Å². The minimum absolute atomic E-state index is 0.282. The molecule has 6 heteroatoms. The van der Waals surface area contributed by atoms with Crippen LogP contribution in [0.15, 0.2) is 26.0 Å². The lowest BCUT2D eigenvalue weighted by molar-refractivity contribution is 0.248. The van der Waals surface area contributed by atoms with E-state index >= 15 is 0 Å². The van der Waals surface area contributed by atoms with Crippen molar-refractivity contribution in [3.8, 4) is 0 Å². The Bertz CT molecular complexity index is 580. The Hall–Kier alpha value is 0.0900. The SMILES string of the molecule is Cc1cc(Br)c(S(=O)(=O)NC2(C)CCC2)cc1Br. The minimum atomic E-state index is -3.48. The first-order chi connectivity index (χ1) is 8.23. The Balaban J connectivity index is 2.38. The molecule has 1 aliphatic rings. The fourth-order valence-electron chi connectivity index (χ4n) is 2.02. The highest BCUT2D eigenvalue weighted by atomic mass is 79.9. The van der Waals surface area contributed by atoms with Crippen molar-refractivity contribution in [2.45, 2.75) is 43.5 Å². The molecule has 0 heterocycles. The van der Waals surface area contributed by atoms with Gasteiger partial charge in [0, 0.05) is 14.5 Å². The average molecular weight is 397 g/mol. The second kappa shape index (κ2) is 4.89. The van der Waals surface area contributed by atoms with E-state index in [2.05, 4.69) is 36.6 Å². The number of sulfonamides is 1. The molecule has 1 aliphatic carbocycles. The Kier molecular flexibility index (Phi) is 3.94. The summed E-state index contributed by atoms with van der Waals surface area (Å²) in [4.78, 5) is 0.285. The van der Waals surface area contributed by atoms with Crippen molar-refractivity contribution in [2.24, 2.45) is 0 Å². The topological polar surface area (TPSA) is 46.2 Å². The summed E-state index contributed by atoms with van der Waals surface area (Å²) in [6, 6.07) is 3.45. The van der Waals surface area contributed by atoms with Gasteiger partial charge in [0.2, 0.25) is 10.0 Å². The molecular weight excluding hydrogens is 382 g/mol. The fourth-order valence-corrected chi connectivity index (χ4v) is 5.17. The van der Waals surface area contributed by atoms with E-state index in [4.69, 9.17) is 0 Å². The van der Waals surface area contributed by atoms with Gasteiger partial charge in [0.1, 0.15) is 0 Å². The molecule has 1 aromatic carbocycles. The van der Waals surface area contributed by atoms with Gasteiger partial charge in [0.15, 0.2) is 0 Å². The lowest BCUT2D eigenvalue weighted by Gasteiger charge is -2.38. The molecule has 0 radical (unpaired) electrons. The van der Waals surface area contributed by atoms with E-state index in [1.165, 1.54) is 0 Å². The minimum Gasteiger partial charge on any atom is -0.207 e. The quantitative estimate of drug-likeness (QED) is 0.845. The zero-order chi connectivity index (χ0) is 13.6. The summed E-state index contributed by atoms with van der Waals surface area (Å²) in [6.07, 6.45) is 2.88. The standard InChI is InChI=1S/C12H15Br2NO2S/c1-8-6-10(14)11(7-9(8)13)18(16,17)15-12(2)4-3-5-12/h6-7,15H,3-5H2,1-2H3. The van der Waals surface area contributed by atoms with Crippen LogP contribution in [0.5, 0.6) is 0 Å². The van der Waals surface area contributed by atoms with Gasteiger partial charge in [-0.25, -0.2) is 13.1 Å². The van der Waals surface area contributed by atoms with Crippen LogP contribution in [0.4, 0.5) is 0 Å². The first-order valence-electron chi connectivity index (χ1n) is 5.73. The number of hydrogen-bond donors (Lipinski definition) is 1. The van der Waals surface area contributed by atoms with Crippen LogP contribution < -0.4 is 4.72 Å². The van der Waals surface area contributed by atoms with Gasteiger partial charge in [-0.3, -0.25) is 0 Å². The summed E-state index contributed by atoms with van der Waals surface area (Å²) < 4.78 is 28.9. The van der Waals surface area contributed by atoms with Crippen molar-refractivity contribution in [1.29, 1.82) is 0 Å². The first kappa shape index (κ1) is 14.5. The molecule has 0 amide bonds. The van der Waals surface area contributed by atoms with Crippen LogP contribution in [0.1, 0.15) is 31.7 Å². The molecule has 0 bridgehead atoms. The fraction of sp³-hybridized carbons (Fsp3) is 0.500. The van der Waals surface area contributed by atoms with Gasteiger partial charge in [-0.1, -0.05) is 15.9 Å². The van der Waals surface area contributed by atoms with E-state index in [1.807, 2.05) is 19.9 Å². The highest BCUT2D eigenvalue weighted by Crippen LogP contribution is 2.35. The van der Waals surface area contributed by atoms with Crippen LogP contribution in [0.25, 0.3) is 0 Å². The van der Waals surface area contributed by atoms with E-state index in [0.29, 0.717) is 4.47 Å². The van der Waals surface area contributed by atoms with E-state index in [0.717, 1.165) is 29.3 Å². The molecule has 0 unspecified atom stereocenters. The molecule has 0 atom stereocenters. The predicted octanol–water partition coefficient (Wildman–Crippen LogP) is 3.74. The highest BCUT2D eigenvalue weighted by molar-refractivity contribution is 9.11. The smallest absolute Gasteiger partial charge is 0.207 e. The van der Waals surface area contributed by atoms with E-state index < -0.39 is 10.0 Å². The Morgan fingerprint density at radius 1 is 1.22 bits per heavy atom. The van der Waals surface area contributed by atoms with Gasteiger partial charge in [-0.2, -0.15) is 0 Å². The van der Waals surface area contributed by atoms with Gasteiger partial charge in [0.05, 0.1) is 4.90 Å². The maximum atomic E-state index is 12.4. The molecule has 3 nitrogen and oxygen atoms in total. The van der Waals surface area contributed by atoms with E-state index in [9.17, 15) is 8.42 Å². The summed E-state index contributed by atoms with van der Waals surface area (Å²) >= 11 is 6.69. The monoisotopic (exact) mass is 395 g/mol. The van der Waals surface area contributed by atoms with Gasteiger partial charge < -0.3 is 0 Å². The number of benzene rings is 1. The number of hydrogen-bond acceptors (Lipinski definition) is 2. The third kappa shape index (κ3) is 2.81. The van der Waals surface area contributed by atoms with Gasteiger partial charge >= 0.3 is 0 Å². The molecule has 1 saturated carbocycles. The number of halogens is 2. The van der Waals surface area contributed by atoms with Crippen molar-refractivity contribution in [1.82, 2.24) is 4.72 Å². The second-order valence-corrected chi connectivity index (χ2v) is 8.41. The summed E-state index contributed by atoms with van der Waals surface area (Å²) in [7, 11) is -3.48. The molecular formula is C12H15Br2NO2S. The van der Waals surface area contributed by atoms with Crippen molar-refractivity contribution < 1.29 is 8.42 Å². The zero-order valence-electron chi connectivity index (χ0n) is 10.3. The van der Waals surface area contributed by atoms with Crippen LogP contribution >= 0.6 is 31.9 Å². The lowest BCUT2D eigenvalue weighted by atomic mass is 9.80. The molecule has 0 aromatic heterocycles. The predicted molar refractivity (Wildman–Crippen MR) is 79.2 cm³/mol. The summed E-state index contributed by atoms with van der Waals surface area (Å²) in [6.45, 7) is 3.87. The average Bonchev–Trinajstić information content (AvgIpc) is 2.20. The molecule has 2 rings (SSSR count). The number of nitrogens with one attached hydrogen (secondary N) is 1. The van der Waals surface area contributed by atoms with Crippen LogP contribution in [-0.2, 0) is 10.0 Å². The first-order valence-corrected chi connectivity index (χ1v) is 8.80. The Labute approximate surface area is 125 Å². The highest BCUT2D eigenvalue weighted by Gasteiger charge is 2.36. The summed E-state index contributed by atoms with van der Waals surface area (Å²) in [5.41, 5.74) is 0.714. The third-order valence-electron chi connectivity index (χ3n) is 3.34. The van der Waals surface area contributed by atoms with E-state index in [-0.39, 0.29) is 10.4 Å². The number of aryl methyl sites for hydroxylation is 1. The van der Waals surface area contributed by atoms with E-state index in [1.54, 1.807) is 6.07 Å². The lowest BCUT2D eigenvalue weighted by Crippen LogP contribution is -2.50. The van der Waals surface area contributed by atoms with Gasteiger partial charge in [-0.15, -0.1) is 0 Å². The molecule has 18 heavy (non-hydrogen) atoms.